The summed E-state index contributed by atoms with van der Waals surface area (Å²) < 4.78 is 37.2. The first-order valence-corrected chi connectivity index (χ1v) is 6.09. The fraction of sp³-hybridized carbons (Fsp3) is 0.909. The molecule has 0 radical (unpaired) electrons. The van der Waals surface area contributed by atoms with Crippen molar-refractivity contribution in [1.82, 2.24) is 15.1 Å². The highest BCUT2D eigenvalue weighted by Gasteiger charge is 2.34. The van der Waals surface area contributed by atoms with E-state index in [1.54, 1.807) is 13.8 Å². The van der Waals surface area contributed by atoms with Crippen LogP contribution in [0.5, 0.6) is 0 Å². The Labute approximate surface area is 129 Å². The quantitative estimate of drug-likeness (QED) is 0.843. The molecule has 1 aliphatic rings. The Bertz CT molecular complexity index is 285. The van der Waals surface area contributed by atoms with Crippen molar-refractivity contribution < 1.29 is 18.0 Å². The summed E-state index contributed by atoms with van der Waals surface area (Å²) in [6.07, 6.45) is -4.34. The first-order valence-electron chi connectivity index (χ1n) is 6.09. The molecule has 1 amide bonds. The van der Waals surface area contributed by atoms with Gasteiger partial charge in [-0.25, -0.2) is 0 Å². The number of alkyl halides is 3. The third-order valence-electron chi connectivity index (χ3n) is 2.86. The third kappa shape index (κ3) is 8.14. The van der Waals surface area contributed by atoms with Gasteiger partial charge in [0.2, 0.25) is 5.91 Å². The first-order chi connectivity index (χ1) is 8.29. The molecule has 0 aromatic heterocycles. The van der Waals surface area contributed by atoms with Crippen molar-refractivity contribution in [2.45, 2.75) is 26.1 Å². The molecule has 0 saturated carbocycles. The van der Waals surface area contributed by atoms with Crippen molar-refractivity contribution in [3.63, 3.8) is 0 Å². The van der Waals surface area contributed by atoms with Crippen LogP contribution in [-0.2, 0) is 4.79 Å². The van der Waals surface area contributed by atoms with E-state index in [1.807, 2.05) is 4.90 Å². The van der Waals surface area contributed by atoms with Crippen molar-refractivity contribution in [2.75, 3.05) is 39.3 Å². The van der Waals surface area contributed by atoms with Crippen LogP contribution in [0.3, 0.4) is 0 Å². The molecular formula is C11H22Cl2F3N3O. The molecule has 0 aromatic rings. The highest BCUT2D eigenvalue weighted by atomic mass is 35.5. The highest BCUT2D eigenvalue weighted by Crippen LogP contribution is 2.18. The van der Waals surface area contributed by atoms with Crippen molar-refractivity contribution in [3.8, 4) is 0 Å². The molecule has 122 valence electrons. The summed E-state index contributed by atoms with van der Waals surface area (Å²) in [7, 11) is 0. The van der Waals surface area contributed by atoms with E-state index in [0.29, 0.717) is 13.1 Å². The SMILES string of the molecule is CC(C)N(CC(F)(F)F)C(=O)CN1CCNCC1.Cl.Cl. The highest BCUT2D eigenvalue weighted by molar-refractivity contribution is 5.85. The Morgan fingerprint density at radius 1 is 1.25 bits per heavy atom. The molecule has 1 saturated heterocycles. The summed E-state index contributed by atoms with van der Waals surface area (Å²) in [5.74, 6) is -0.454. The zero-order valence-corrected chi connectivity index (χ0v) is 13.2. The van der Waals surface area contributed by atoms with Gasteiger partial charge in [0.25, 0.3) is 0 Å². The Morgan fingerprint density at radius 3 is 2.15 bits per heavy atom. The number of nitrogens with zero attached hydrogens (tertiary/aromatic N) is 2. The maximum absolute atomic E-state index is 12.4. The van der Waals surface area contributed by atoms with Crippen molar-refractivity contribution >= 4 is 30.7 Å². The lowest BCUT2D eigenvalue weighted by Crippen LogP contribution is -2.51. The van der Waals surface area contributed by atoms with E-state index < -0.39 is 24.7 Å². The molecule has 0 unspecified atom stereocenters. The van der Waals surface area contributed by atoms with E-state index in [2.05, 4.69) is 5.32 Å². The lowest BCUT2D eigenvalue weighted by molar-refractivity contribution is -0.165. The summed E-state index contributed by atoms with van der Waals surface area (Å²) >= 11 is 0. The molecule has 0 aromatic carbocycles. The van der Waals surface area contributed by atoms with E-state index in [1.165, 1.54) is 0 Å². The van der Waals surface area contributed by atoms with E-state index in [0.717, 1.165) is 18.0 Å². The van der Waals surface area contributed by atoms with Gasteiger partial charge in [0.05, 0.1) is 6.54 Å². The zero-order chi connectivity index (χ0) is 13.8. The predicted molar refractivity (Wildman–Crippen MR) is 76.7 cm³/mol. The molecule has 1 heterocycles. The third-order valence-corrected chi connectivity index (χ3v) is 2.86. The number of rotatable bonds is 4. The topological polar surface area (TPSA) is 35.6 Å². The predicted octanol–water partition coefficient (Wildman–Crippen LogP) is 1.53. The molecular weight excluding hydrogens is 318 g/mol. The summed E-state index contributed by atoms with van der Waals surface area (Å²) in [6, 6.07) is -0.443. The smallest absolute Gasteiger partial charge is 0.330 e. The molecule has 1 N–H and O–H groups in total. The number of halogens is 5. The Hall–Kier alpha value is -0.240. The molecule has 4 nitrogen and oxygen atoms in total. The largest absolute Gasteiger partial charge is 0.406 e. The average Bonchev–Trinajstić information content (AvgIpc) is 2.25. The van der Waals surface area contributed by atoms with Crippen LogP contribution in [0, 0.1) is 0 Å². The van der Waals surface area contributed by atoms with E-state index >= 15 is 0 Å². The second kappa shape index (κ2) is 9.65. The summed E-state index contributed by atoms with van der Waals surface area (Å²) in [5.41, 5.74) is 0. The molecule has 0 aliphatic carbocycles. The molecule has 20 heavy (non-hydrogen) atoms. The summed E-state index contributed by atoms with van der Waals surface area (Å²) in [4.78, 5) is 14.7. The van der Waals surface area contributed by atoms with Crippen LogP contribution >= 0.6 is 24.8 Å². The van der Waals surface area contributed by atoms with Gasteiger partial charge in [0.15, 0.2) is 0 Å². The fourth-order valence-electron chi connectivity index (χ4n) is 1.90. The van der Waals surface area contributed by atoms with Crippen LogP contribution in [-0.4, -0.2) is 67.2 Å². The maximum atomic E-state index is 12.4. The van der Waals surface area contributed by atoms with Crippen molar-refractivity contribution in [2.24, 2.45) is 0 Å². The number of amides is 1. The maximum Gasteiger partial charge on any atom is 0.406 e. The first kappa shape index (κ1) is 22.0. The van der Waals surface area contributed by atoms with Crippen LogP contribution < -0.4 is 5.32 Å². The van der Waals surface area contributed by atoms with Gasteiger partial charge in [-0.2, -0.15) is 13.2 Å². The second-order valence-electron chi connectivity index (χ2n) is 4.76. The van der Waals surface area contributed by atoms with Gasteiger partial charge < -0.3 is 10.2 Å². The van der Waals surface area contributed by atoms with Crippen LogP contribution in [0.2, 0.25) is 0 Å². The normalized spacial score (nSPS) is 16.3. The fourth-order valence-corrected chi connectivity index (χ4v) is 1.90. The van der Waals surface area contributed by atoms with Crippen LogP contribution in [0.4, 0.5) is 13.2 Å². The minimum atomic E-state index is -4.34. The molecule has 0 bridgehead atoms. The van der Waals surface area contributed by atoms with E-state index in [9.17, 15) is 18.0 Å². The molecule has 0 atom stereocenters. The van der Waals surface area contributed by atoms with Gasteiger partial charge in [-0.05, 0) is 13.8 Å². The van der Waals surface area contributed by atoms with Gasteiger partial charge in [-0.3, -0.25) is 9.69 Å². The Kier molecular flexibility index (Phi) is 10.6. The molecule has 9 heteroatoms. The van der Waals surface area contributed by atoms with Crippen LogP contribution in [0.15, 0.2) is 0 Å². The summed E-state index contributed by atoms with van der Waals surface area (Å²) in [5, 5.41) is 3.13. The zero-order valence-electron chi connectivity index (χ0n) is 11.6. The number of carbonyl (C=O) groups excluding carboxylic acids is 1. The lowest BCUT2D eigenvalue weighted by Gasteiger charge is -2.32. The minimum Gasteiger partial charge on any atom is -0.330 e. The molecule has 1 rings (SSSR count). The minimum absolute atomic E-state index is 0. The van der Waals surface area contributed by atoms with Crippen LogP contribution in [0.1, 0.15) is 13.8 Å². The lowest BCUT2D eigenvalue weighted by atomic mass is 10.2. The Balaban J connectivity index is 0. The molecule has 1 fully saturated rings. The monoisotopic (exact) mass is 339 g/mol. The number of hydrogen-bond donors (Lipinski definition) is 1. The van der Waals surface area contributed by atoms with Gasteiger partial charge in [-0.15, -0.1) is 24.8 Å². The van der Waals surface area contributed by atoms with Gasteiger partial charge >= 0.3 is 6.18 Å². The van der Waals surface area contributed by atoms with Gasteiger partial charge in [-0.1, -0.05) is 0 Å². The van der Waals surface area contributed by atoms with Crippen molar-refractivity contribution in [3.05, 3.63) is 0 Å². The van der Waals surface area contributed by atoms with Gasteiger partial charge in [0, 0.05) is 32.2 Å². The number of nitrogens with one attached hydrogen (secondary N) is 1. The average molecular weight is 340 g/mol. The van der Waals surface area contributed by atoms with Crippen LogP contribution in [0.25, 0.3) is 0 Å². The van der Waals surface area contributed by atoms with Gasteiger partial charge in [0.1, 0.15) is 6.54 Å². The number of carbonyl (C=O) groups is 1. The number of hydrogen-bond acceptors (Lipinski definition) is 3. The molecule has 0 spiro atoms. The molecule has 1 aliphatic heterocycles. The Morgan fingerprint density at radius 2 is 1.75 bits per heavy atom. The van der Waals surface area contributed by atoms with E-state index in [4.69, 9.17) is 0 Å². The summed E-state index contributed by atoms with van der Waals surface area (Å²) in [6.45, 7) is 5.03. The second-order valence-corrected chi connectivity index (χ2v) is 4.76. The van der Waals surface area contributed by atoms with Crippen molar-refractivity contribution in [1.29, 1.82) is 0 Å². The standard InChI is InChI=1S/C11H20F3N3O.2ClH/c1-9(2)17(8-11(12,13)14)10(18)7-16-5-3-15-4-6-16;;/h9,15H,3-8H2,1-2H3;2*1H. The number of piperazine rings is 1. The van der Waals surface area contributed by atoms with E-state index in [-0.39, 0.29) is 31.4 Å².